The van der Waals surface area contributed by atoms with Gasteiger partial charge >= 0.3 is 23.9 Å². The lowest BCUT2D eigenvalue weighted by atomic mass is 9.87. The Balaban J connectivity index is 2.61. The Kier molecular flexibility index (Phi) is 6.49. The Morgan fingerprint density at radius 1 is 0.571 bits per heavy atom. The van der Waals surface area contributed by atoms with Gasteiger partial charge in [0.2, 0.25) is 0 Å². The van der Waals surface area contributed by atoms with E-state index in [4.69, 9.17) is 10.2 Å². The van der Waals surface area contributed by atoms with E-state index in [2.05, 4.69) is 0 Å². The highest BCUT2D eigenvalue weighted by Gasteiger charge is 2.20. The predicted octanol–water partition coefficient (Wildman–Crippen LogP) is 1.86. The van der Waals surface area contributed by atoms with E-state index in [1.165, 1.54) is 6.07 Å². The van der Waals surface area contributed by atoms with Crippen LogP contribution in [0.5, 0.6) is 0 Å². The van der Waals surface area contributed by atoms with Crippen LogP contribution in [0.1, 0.15) is 22.3 Å². The van der Waals surface area contributed by atoms with Crippen LogP contribution in [0.15, 0.2) is 36.4 Å². The second kappa shape index (κ2) is 8.81. The van der Waals surface area contributed by atoms with Gasteiger partial charge in [-0.1, -0.05) is 36.4 Å². The summed E-state index contributed by atoms with van der Waals surface area (Å²) in [6.07, 6.45) is -1.56. The van der Waals surface area contributed by atoms with Gasteiger partial charge in [0, 0.05) is 0 Å². The fourth-order valence-electron chi connectivity index (χ4n) is 3.04. The van der Waals surface area contributed by atoms with Crippen molar-refractivity contribution in [2.75, 3.05) is 0 Å². The highest BCUT2D eigenvalue weighted by atomic mass is 16.4. The molecule has 8 nitrogen and oxygen atoms in total. The third-order valence-corrected chi connectivity index (χ3v) is 4.15. The summed E-state index contributed by atoms with van der Waals surface area (Å²) < 4.78 is 0. The molecule has 0 aromatic heterocycles. The van der Waals surface area contributed by atoms with E-state index in [0.29, 0.717) is 16.7 Å². The average Bonchev–Trinajstić information content (AvgIpc) is 2.57. The first-order valence-electron chi connectivity index (χ1n) is 8.27. The van der Waals surface area contributed by atoms with E-state index in [9.17, 15) is 29.4 Å². The maximum atomic E-state index is 11.4. The Morgan fingerprint density at radius 2 is 1.07 bits per heavy atom. The SMILES string of the molecule is O=C(O)Cc1ccc(-c2ccc(CC(=O)O)c(CC(=O)O)c2CC(=O)O)cc1. The van der Waals surface area contributed by atoms with Crippen LogP contribution in [0, 0.1) is 0 Å². The quantitative estimate of drug-likeness (QED) is 0.510. The van der Waals surface area contributed by atoms with E-state index >= 15 is 0 Å². The number of rotatable bonds is 9. The summed E-state index contributed by atoms with van der Waals surface area (Å²) in [5.74, 6) is -4.52. The highest BCUT2D eigenvalue weighted by Crippen LogP contribution is 2.30. The molecule has 2 aromatic carbocycles. The van der Waals surface area contributed by atoms with Crippen LogP contribution in [-0.4, -0.2) is 44.3 Å². The summed E-state index contributed by atoms with van der Waals surface area (Å²) >= 11 is 0. The molecule has 0 bridgehead atoms. The van der Waals surface area contributed by atoms with E-state index in [1.807, 2.05) is 0 Å². The van der Waals surface area contributed by atoms with Gasteiger partial charge < -0.3 is 20.4 Å². The molecule has 28 heavy (non-hydrogen) atoms. The van der Waals surface area contributed by atoms with Crippen molar-refractivity contribution in [1.29, 1.82) is 0 Å². The maximum Gasteiger partial charge on any atom is 0.307 e. The number of hydrogen-bond donors (Lipinski definition) is 4. The number of benzene rings is 2. The molecule has 146 valence electrons. The molecule has 0 saturated heterocycles. The van der Waals surface area contributed by atoms with Gasteiger partial charge in [0.25, 0.3) is 0 Å². The number of carboxylic acids is 4. The second-order valence-corrected chi connectivity index (χ2v) is 6.21. The van der Waals surface area contributed by atoms with Crippen molar-refractivity contribution in [1.82, 2.24) is 0 Å². The van der Waals surface area contributed by atoms with Crippen LogP contribution >= 0.6 is 0 Å². The van der Waals surface area contributed by atoms with Crippen molar-refractivity contribution in [2.24, 2.45) is 0 Å². The van der Waals surface area contributed by atoms with Gasteiger partial charge in [-0.3, -0.25) is 19.2 Å². The van der Waals surface area contributed by atoms with Crippen LogP contribution in [0.4, 0.5) is 0 Å². The predicted molar refractivity (Wildman–Crippen MR) is 97.2 cm³/mol. The summed E-state index contributed by atoms with van der Waals surface area (Å²) in [5.41, 5.74) is 2.26. The lowest BCUT2D eigenvalue weighted by molar-refractivity contribution is -0.137. The van der Waals surface area contributed by atoms with Crippen LogP contribution in [0.3, 0.4) is 0 Å². The fourth-order valence-corrected chi connectivity index (χ4v) is 3.04. The molecule has 0 atom stereocenters. The van der Waals surface area contributed by atoms with E-state index < -0.39 is 43.1 Å². The lowest BCUT2D eigenvalue weighted by Crippen LogP contribution is -2.14. The molecule has 4 N–H and O–H groups in total. The molecule has 0 spiro atoms. The minimum Gasteiger partial charge on any atom is -0.481 e. The second-order valence-electron chi connectivity index (χ2n) is 6.21. The van der Waals surface area contributed by atoms with E-state index in [-0.39, 0.29) is 23.1 Å². The molecule has 0 aliphatic heterocycles. The van der Waals surface area contributed by atoms with E-state index in [1.54, 1.807) is 30.3 Å². The number of hydrogen-bond acceptors (Lipinski definition) is 4. The lowest BCUT2D eigenvalue weighted by Gasteiger charge is -2.17. The molecule has 0 amide bonds. The molecule has 0 aliphatic carbocycles. The smallest absolute Gasteiger partial charge is 0.307 e. The van der Waals surface area contributed by atoms with Crippen LogP contribution in [0.2, 0.25) is 0 Å². The molecule has 0 heterocycles. The Morgan fingerprint density at radius 3 is 1.57 bits per heavy atom. The zero-order valence-corrected chi connectivity index (χ0v) is 14.7. The van der Waals surface area contributed by atoms with Gasteiger partial charge in [0.05, 0.1) is 25.7 Å². The average molecular weight is 386 g/mol. The third-order valence-electron chi connectivity index (χ3n) is 4.15. The molecule has 0 fully saturated rings. The first-order chi connectivity index (χ1) is 13.2. The Bertz CT molecular complexity index is 928. The minimum absolute atomic E-state index is 0.163. The first kappa shape index (κ1) is 20.6. The Labute approximate surface area is 159 Å². The molecule has 0 radical (unpaired) electrons. The monoisotopic (exact) mass is 386 g/mol. The van der Waals surface area contributed by atoms with Gasteiger partial charge in [-0.25, -0.2) is 0 Å². The normalized spacial score (nSPS) is 10.4. The number of carbonyl (C=O) groups is 4. The maximum absolute atomic E-state index is 11.4. The topological polar surface area (TPSA) is 149 Å². The molecular weight excluding hydrogens is 368 g/mol. The minimum atomic E-state index is -1.20. The highest BCUT2D eigenvalue weighted by molar-refractivity contribution is 5.82. The molecule has 0 saturated carbocycles. The number of carboxylic acid groups (broad SMARTS) is 4. The largest absolute Gasteiger partial charge is 0.481 e. The van der Waals surface area contributed by atoms with Gasteiger partial charge in [-0.2, -0.15) is 0 Å². The zero-order valence-electron chi connectivity index (χ0n) is 14.7. The van der Waals surface area contributed by atoms with E-state index in [0.717, 1.165) is 0 Å². The molecule has 8 heteroatoms. The van der Waals surface area contributed by atoms with Gasteiger partial charge in [-0.05, 0) is 33.4 Å². The zero-order chi connectivity index (χ0) is 20.8. The molecule has 2 aromatic rings. The van der Waals surface area contributed by atoms with Gasteiger partial charge in [-0.15, -0.1) is 0 Å². The van der Waals surface area contributed by atoms with Gasteiger partial charge in [0.1, 0.15) is 0 Å². The molecule has 2 rings (SSSR count). The first-order valence-corrected chi connectivity index (χ1v) is 8.27. The summed E-state index contributed by atoms with van der Waals surface area (Å²) in [6.45, 7) is 0. The molecular formula is C20H18O8. The van der Waals surface area contributed by atoms with Crippen LogP contribution in [0.25, 0.3) is 11.1 Å². The fraction of sp³-hybridized carbons (Fsp3) is 0.200. The van der Waals surface area contributed by atoms with Crippen LogP contribution < -0.4 is 0 Å². The van der Waals surface area contributed by atoms with Crippen molar-refractivity contribution in [3.8, 4) is 11.1 Å². The standard InChI is InChI=1S/C20H18O8/c21-17(22)7-11-1-3-12(4-2-11)14-6-5-13(8-18(23)24)15(9-19(25)26)16(14)10-20(27)28/h1-6H,7-10H2,(H,21,22)(H,23,24)(H,25,26)(H,27,28). The summed E-state index contributed by atoms with van der Waals surface area (Å²) in [5, 5.41) is 36.4. The third kappa shape index (κ3) is 5.41. The van der Waals surface area contributed by atoms with Crippen molar-refractivity contribution < 1.29 is 39.6 Å². The number of aliphatic carboxylic acids is 4. The summed E-state index contributed by atoms with van der Waals surface area (Å²) in [4.78, 5) is 44.6. The molecule has 0 unspecified atom stereocenters. The molecule has 0 aliphatic rings. The van der Waals surface area contributed by atoms with Crippen LogP contribution in [-0.2, 0) is 44.9 Å². The van der Waals surface area contributed by atoms with Crippen molar-refractivity contribution in [3.05, 3.63) is 58.7 Å². The summed E-state index contributed by atoms with van der Waals surface area (Å²) in [6, 6.07) is 9.49. The van der Waals surface area contributed by atoms with Gasteiger partial charge in [0.15, 0.2) is 0 Å². The Hall–Kier alpha value is -3.68. The summed E-state index contributed by atoms with van der Waals surface area (Å²) in [7, 11) is 0. The van der Waals surface area contributed by atoms with Crippen molar-refractivity contribution in [3.63, 3.8) is 0 Å². The van der Waals surface area contributed by atoms with Crippen molar-refractivity contribution in [2.45, 2.75) is 25.7 Å². The van der Waals surface area contributed by atoms with Crippen molar-refractivity contribution >= 4 is 23.9 Å².